The zero-order valence-electron chi connectivity index (χ0n) is 12.1. The first kappa shape index (κ1) is 15.2. The van der Waals surface area contributed by atoms with Crippen LogP contribution in [0.15, 0.2) is 60.8 Å². The van der Waals surface area contributed by atoms with Crippen LogP contribution in [0, 0.1) is 5.82 Å². The Labute approximate surface area is 138 Å². The highest BCUT2D eigenvalue weighted by molar-refractivity contribution is 6.32. The molecule has 0 radical (unpaired) electrons. The summed E-state index contributed by atoms with van der Waals surface area (Å²) in [5, 5.41) is 6.67. The quantitative estimate of drug-likeness (QED) is 0.717. The molecule has 2 N–H and O–H groups in total. The number of benzene rings is 2. The minimum absolute atomic E-state index is 0.258. The number of halogens is 2. The zero-order chi connectivity index (χ0) is 16.1. The van der Waals surface area contributed by atoms with Crippen LogP contribution in [0.1, 0.15) is 5.56 Å². The van der Waals surface area contributed by atoms with Gasteiger partial charge in [-0.1, -0.05) is 41.9 Å². The molecule has 3 rings (SSSR count). The summed E-state index contributed by atoms with van der Waals surface area (Å²) in [5.41, 5.74) is 1.82. The molecule has 116 valence electrons. The topological polar surface area (TPSA) is 49.8 Å². The Bertz CT molecular complexity index is 778. The first-order chi connectivity index (χ1) is 11.2. The fourth-order valence-corrected chi connectivity index (χ4v) is 2.12. The summed E-state index contributed by atoms with van der Waals surface area (Å²) in [6.45, 7) is 0.493. The predicted molar refractivity (Wildman–Crippen MR) is 90.5 cm³/mol. The van der Waals surface area contributed by atoms with Gasteiger partial charge in [-0.3, -0.25) is 0 Å². The third-order valence-corrected chi connectivity index (χ3v) is 3.42. The molecule has 1 aromatic heterocycles. The highest BCUT2D eigenvalue weighted by Crippen LogP contribution is 2.23. The van der Waals surface area contributed by atoms with Crippen LogP contribution in [0.25, 0.3) is 0 Å². The minimum Gasteiger partial charge on any atom is -0.350 e. The second-order valence-electron chi connectivity index (χ2n) is 4.86. The number of nitrogens with zero attached hydrogens (tertiary/aromatic N) is 2. The SMILES string of the molecule is Fc1ccc(CNc2ncc(Cl)c(Nc3ccccc3)n2)cc1. The van der Waals surface area contributed by atoms with Gasteiger partial charge < -0.3 is 10.6 Å². The van der Waals surface area contributed by atoms with Crippen molar-refractivity contribution >= 4 is 29.1 Å². The van der Waals surface area contributed by atoms with Gasteiger partial charge in [0.25, 0.3) is 0 Å². The lowest BCUT2D eigenvalue weighted by Gasteiger charge is -2.10. The molecule has 0 aliphatic heterocycles. The number of nitrogens with one attached hydrogen (secondary N) is 2. The fraction of sp³-hybridized carbons (Fsp3) is 0.0588. The van der Waals surface area contributed by atoms with E-state index in [2.05, 4.69) is 20.6 Å². The third kappa shape index (κ3) is 4.17. The second kappa shape index (κ2) is 7.07. The maximum Gasteiger partial charge on any atom is 0.224 e. The monoisotopic (exact) mass is 328 g/mol. The summed E-state index contributed by atoms with van der Waals surface area (Å²) in [6.07, 6.45) is 1.53. The van der Waals surface area contributed by atoms with Crippen LogP contribution in [-0.4, -0.2) is 9.97 Å². The van der Waals surface area contributed by atoms with Gasteiger partial charge in [-0.25, -0.2) is 9.37 Å². The lowest BCUT2D eigenvalue weighted by Crippen LogP contribution is -2.05. The molecule has 0 aliphatic carbocycles. The van der Waals surface area contributed by atoms with Gasteiger partial charge in [0.05, 0.1) is 6.20 Å². The molecular weight excluding hydrogens is 315 g/mol. The van der Waals surface area contributed by atoms with E-state index in [-0.39, 0.29) is 5.82 Å². The molecule has 6 heteroatoms. The summed E-state index contributed by atoms with van der Waals surface area (Å²) < 4.78 is 12.9. The van der Waals surface area contributed by atoms with Gasteiger partial charge in [0.1, 0.15) is 10.8 Å². The van der Waals surface area contributed by atoms with E-state index in [0.29, 0.717) is 23.3 Å². The van der Waals surface area contributed by atoms with Crippen LogP contribution >= 0.6 is 11.6 Å². The molecule has 0 bridgehead atoms. The van der Waals surface area contributed by atoms with Crippen molar-refractivity contribution in [3.8, 4) is 0 Å². The maximum atomic E-state index is 12.9. The van der Waals surface area contributed by atoms with E-state index in [1.54, 1.807) is 12.1 Å². The number of hydrogen-bond donors (Lipinski definition) is 2. The van der Waals surface area contributed by atoms with Crippen molar-refractivity contribution in [3.63, 3.8) is 0 Å². The largest absolute Gasteiger partial charge is 0.350 e. The van der Waals surface area contributed by atoms with Crippen molar-refractivity contribution in [2.75, 3.05) is 10.6 Å². The van der Waals surface area contributed by atoms with Gasteiger partial charge in [0.2, 0.25) is 5.95 Å². The summed E-state index contributed by atoms with van der Waals surface area (Å²) in [7, 11) is 0. The van der Waals surface area contributed by atoms with Gasteiger partial charge in [-0.15, -0.1) is 0 Å². The van der Waals surface area contributed by atoms with Crippen LogP contribution in [-0.2, 0) is 6.54 Å². The van der Waals surface area contributed by atoms with E-state index >= 15 is 0 Å². The normalized spacial score (nSPS) is 10.3. The summed E-state index contributed by atoms with van der Waals surface area (Å²) in [5.74, 6) is 0.706. The van der Waals surface area contributed by atoms with Crippen molar-refractivity contribution < 1.29 is 4.39 Å². The van der Waals surface area contributed by atoms with E-state index in [1.807, 2.05) is 30.3 Å². The lowest BCUT2D eigenvalue weighted by atomic mass is 10.2. The lowest BCUT2D eigenvalue weighted by molar-refractivity contribution is 0.627. The number of hydrogen-bond acceptors (Lipinski definition) is 4. The van der Waals surface area contributed by atoms with Crippen molar-refractivity contribution in [1.82, 2.24) is 9.97 Å². The Morgan fingerprint density at radius 1 is 1.00 bits per heavy atom. The predicted octanol–water partition coefficient (Wildman–Crippen LogP) is 4.62. The van der Waals surface area contributed by atoms with Gasteiger partial charge in [-0.05, 0) is 29.8 Å². The smallest absolute Gasteiger partial charge is 0.224 e. The minimum atomic E-state index is -0.258. The van der Waals surface area contributed by atoms with E-state index in [0.717, 1.165) is 11.3 Å². The first-order valence-electron chi connectivity index (χ1n) is 7.03. The molecule has 0 amide bonds. The van der Waals surface area contributed by atoms with Crippen LogP contribution in [0.4, 0.5) is 21.8 Å². The average Bonchev–Trinajstić information content (AvgIpc) is 2.58. The number of para-hydroxylation sites is 1. The van der Waals surface area contributed by atoms with E-state index < -0.39 is 0 Å². The molecule has 0 fully saturated rings. The second-order valence-corrected chi connectivity index (χ2v) is 5.27. The van der Waals surface area contributed by atoms with Gasteiger partial charge in [0, 0.05) is 12.2 Å². The van der Waals surface area contributed by atoms with Crippen LogP contribution in [0.2, 0.25) is 5.02 Å². The van der Waals surface area contributed by atoms with Crippen LogP contribution in [0.5, 0.6) is 0 Å². The molecule has 0 aliphatic rings. The Morgan fingerprint density at radius 3 is 2.48 bits per heavy atom. The molecule has 0 atom stereocenters. The molecule has 0 saturated heterocycles. The van der Waals surface area contributed by atoms with Crippen molar-refractivity contribution in [1.29, 1.82) is 0 Å². The molecular formula is C17H14ClFN4. The van der Waals surface area contributed by atoms with Crippen molar-refractivity contribution in [2.45, 2.75) is 6.54 Å². The van der Waals surface area contributed by atoms with Gasteiger partial charge >= 0.3 is 0 Å². The van der Waals surface area contributed by atoms with Crippen LogP contribution < -0.4 is 10.6 Å². The third-order valence-electron chi connectivity index (χ3n) is 3.14. The molecule has 0 spiro atoms. The Morgan fingerprint density at radius 2 is 1.74 bits per heavy atom. The number of rotatable bonds is 5. The van der Waals surface area contributed by atoms with E-state index in [9.17, 15) is 4.39 Å². The number of anilines is 3. The summed E-state index contributed by atoms with van der Waals surface area (Å²) in [6, 6.07) is 15.9. The van der Waals surface area contributed by atoms with Crippen molar-refractivity contribution in [2.24, 2.45) is 0 Å². The number of aromatic nitrogens is 2. The summed E-state index contributed by atoms with van der Waals surface area (Å²) in [4.78, 5) is 8.51. The highest BCUT2D eigenvalue weighted by atomic mass is 35.5. The molecule has 2 aromatic carbocycles. The molecule has 0 unspecified atom stereocenters. The van der Waals surface area contributed by atoms with Crippen LogP contribution in [0.3, 0.4) is 0 Å². The molecule has 23 heavy (non-hydrogen) atoms. The van der Waals surface area contributed by atoms with Gasteiger partial charge in [-0.2, -0.15) is 4.98 Å². The molecule has 3 aromatic rings. The summed E-state index contributed by atoms with van der Waals surface area (Å²) >= 11 is 6.12. The molecule has 1 heterocycles. The highest BCUT2D eigenvalue weighted by Gasteiger charge is 2.06. The van der Waals surface area contributed by atoms with E-state index in [1.165, 1.54) is 18.3 Å². The Balaban J connectivity index is 1.71. The van der Waals surface area contributed by atoms with Gasteiger partial charge in [0.15, 0.2) is 5.82 Å². The zero-order valence-corrected chi connectivity index (χ0v) is 12.9. The first-order valence-corrected chi connectivity index (χ1v) is 7.41. The molecule has 0 saturated carbocycles. The standard InChI is InChI=1S/C17H14ClFN4/c18-15-11-21-17(20-10-12-6-8-13(19)9-7-12)23-16(15)22-14-4-2-1-3-5-14/h1-9,11H,10H2,(H2,20,21,22,23). The maximum absolute atomic E-state index is 12.9. The molecule has 4 nitrogen and oxygen atoms in total. The Kier molecular flexibility index (Phi) is 4.68. The van der Waals surface area contributed by atoms with Crippen molar-refractivity contribution in [3.05, 3.63) is 77.2 Å². The van der Waals surface area contributed by atoms with E-state index in [4.69, 9.17) is 11.6 Å². The Hall–Kier alpha value is -2.66. The average molecular weight is 329 g/mol. The fourth-order valence-electron chi connectivity index (χ4n) is 1.98.